The first-order valence-electron chi connectivity index (χ1n) is 12.9. The fourth-order valence-corrected chi connectivity index (χ4v) is 6.25. The van der Waals surface area contributed by atoms with Crippen LogP contribution < -0.4 is 5.32 Å². The molecule has 8 heteroatoms. The van der Waals surface area contributed by atoms with E-state index in [9.17, 15) is 9.59 Å². The van der Waals surface area contributed by atoms with E-state index in [0.717, 1.165) is 32.2 Å². The molecule has 3 fully saturated rings. The molecule has 3 amide bonds. The van der Waals surface area contributed by atoms with Crippen LogP contribution in [-0.2, 0) is 16.9 Å². The molecule has 2 heterocycles. The maximum atomic E-state index is 13.6. The average molecular weight is 480 g/mol. The Balaban J connectivity index is 1.31. The largest absolute Gasteiger partial charge is 0.447 e. The molecular weight excluding hydrogens is 442 g/mol. The lowest BCUT2D eigenvalue weighted by Crippen LogP contribution is -2.56. The summed E-state index contributed by atoms with van der Waals surface area (Å²) in [6.45, 7) is 1.79. The summed E-state index contributed by atoms with van der Waals surface area (Å²) in [5, 5.41) is 2.86. The second kappa shape index (κ2) is 9.64. The van der Waals surface area contributed by atoms with Gasteiger partial charge >= 0.3 is 6.03 Å². The van der Waals surface area contributed by atoms with Gasteiger partial charge in [-0.05, 0) is 64.1 Å². The summed E-state index contributed by atoms with van der Waals surface area (Å²) in [7, 11) is 4.34. The van der Waals surface area contributed by atoms with Crippen LogP contribution in [0.3, 0.4) is 0 Å². The first-order valence-corrected chi connectivity index (χ1v) is 12.9. The lowest BCUT2D eigenvalue weighted by molar-refractivity contribution is -0.121. The van der Waals surface area contributed by atoms with Crippen LogP contribution in [0.25, 0.3) is 0 Å². The number of hydrogen-bond acceptors (Lipinski definition) is 5. The van der Waals surface area contributed by atoms with Crippen molar-refractivity contribution in [3.05, 3.63) is 54.2 Å². The second-order valence-electron chi connectivity index (χ2n) is 10.8. The van der Waals surface area contributed by atoms with Gasteiger partial charge in [0.1, 0.15) is 12.3 Å². The molecule has 1 aromatic heterocycles. The Kier molecular flexibility index (Phi) is 6.57. The monoisotopic (exact) mass is 479 g/mol. The van der Waals surface area contributed by atoms with Crippen LogP contribution in [0.2, 0.25) is 0 Å². The van der Waals surface area contributed by atoms with Crippen LogP contribution in [-0.4, -0.2) is 70.9 Å². The number of urea groups is 1. The highest BCUT2D eigenvalue weighted by Crippen LogP contribution is 2.49. The molecular formula is C27H37N5O3. The molecule has 1 saturated heterocycles. The Hall–Kier alpha value is -2.87. The smallest absolute Gasteiger partial charge is 0.321 e. The van der Waals surface area contributed by atoms with E-state index in [4.69, 9.17) is 4.42 Å². The van der Waals surface area contributed by atoms with Gasteiger partial charge in [-0.3, -0.25) is 9.69 Å². The number of benzene rings is 1. The fourth-order valence-electron chi connectivity index (χ4n) is 6.25. The van der Waals surface area contributed by atoms with Crippen LogP contribution >= 0.6 is 0 Å². The molecule has 2 saturated carbocycles. The lowest BCUT2D eigenvalue weighted by atomic mass is 9.68. The standard InChI is InChI=1S/C27H37N5O3/c1-30(2)27(22-9-4-3-5-10-22)13-11-26(12-14-27)19-31(25(34)32(26)17-21-7-6-8-21)18-24(33)29-16-23-15-28-20-35-23/h3-5,9-10,15,20-21H,6-8,11-14,16-19H2,1-2H3,(H,29,33)/t26-,27-. The highest BCUT2D eigenvalue weighted by atomic mass is 16.3. The van der Waals surface area contributed by atoms with Gasteiger partial charge in [0.15, 0.2) is 6.39 Å². The molecule has 3 aliphatic rings. The van der Waals surface area contributed by atoms with Crippen molar-refractivity contribution in [3.63, 3.8) is 0 Å². The molecule has 5 rings (SSSR count). The number of nitrogens with zero attached hydrogens (tertiary/aromatic N) is 4. The molecule has 2 aromatic rings. The summed E-state index contributed by atoms with van der Waals surface area (Å²) in [6, 6.07) is 10.8. The van der Waals surface area contributed by atoms with E-state index >= 15 is 0 Å². The molecule has 188 valence electrons. The Morgan fingerprint density at radius 2 is 1.91 bits per heavy atom. The Morgan fingerprint density at radius 3 is 2.51 bits per heavy atom. The summed E-state index contributed by atoms with van der Waals surface area (Å²) >= 11 is 0. The van der Waals surface area contributed by atoms with Crippen LogP contribution in [0.4, 0.5) is 4.79 Å². The number of oxazole rings is 1. The molecule has 2 aliphatic carbocycles. The van der Waals surface area contributed by atoms with Crippen LogP contribution in [0.1, 0.15) is 56.3 Å². The minimum absolute atomic E-state index is 0.0174. The molecule has 1 N–H and O–H groups in total. The van der Waals surface area contributed by atoms with Gasteiger partial charge in [0.2, 0.25) is 5.91 Å². The molecule has 35 heavy (non-hydrogen) atoms. The SMILES string of the molecule is CN(C)[C@]1(c2ccccc2)CC[C@@]2(CC1)CN(CC(=O)NCc1cnco1)C(=O)N2CC1CCC1. The average Bonchev–Trinajstić information content (AvgIpc) is 3.43. The molecule has 0 radical (unpaired) electrons. The van der Waals surface area contributed by atoms with E-state index in [1.807, 2.05) is 0 Å². The van der Waals surface area contributed by atoms with Gasteiger partial charge in [0, 0.05) is 18.6 Å². The molecule has 1 aromatic carbocycles. The Morgan fingerprint density at radius 1 is 1.17 bits per heavy atom. The maximum Gasteiger partial charge on any atom is 0.321 e. The van der Waals surface area contributed by atoms with E-state index < -0.39 is 0 Å². The number of aromatic nitrogens is 1. The number of carbonyl (C=O) groups excluding carboxylic acids is 2. The molecule has 8 nitrogen and oxygen atoms in total. The van der Waals surface area contributed by atoms with E-state index in [2.05, 4.69) is 64.5 Å². The third-order valence-corrected chi connectivity index (χ3v) is 8.68. The summed E-state index contributed by atoms with van der Waals surface area (Å²) in [5.41, 5.74) is 1.12. The van der Waals surface area contributed by atoms with Crippen LogP contribution in [0.5, 0.6) is 0 Å². The van der Waals surface area contributed by atoms with Gasteiger partial charge in [-0.25, -0.2) is 9.78 Å². The Labute approximate surface area is 207 Å². The topological polar surface area (TPSA) is 81.9 Å². The van der Waals surface area contributed by atoms with Gasteiger partial charge in [-0.15, -0.1) is 0 Å². The first-order chi connectivity index (χ1) is 16.9. The second-order valence-corrected chi connectivity index (χ2v) is 10.8. The molecule has 0 unspecified atom stereocenters. The van der Waals surface area contributed by atoms with Gasteiger partial charge in [0.25, 0.3) is 0 Å². The van der Waals surface area contributed by atoms with Crippen molar-refractivity contribution in [2.24, 2.45) is 5.92 Å². The highest BCUT2D eigenvalue weighted by molar-refractivity contribution is 5.86. The van der Waals surface area contributed by atoms with Gasteiger partial charge in [-0.2, -0.15) is 0 Å². The predicted molar refractivity (Wildman–Crippen MR) is 132 cm³/mol. The summed E-state index contributed by atoms with van der Waals surface area (Å²) in [4.78, 5) is 36.5. The van der Waals surface area contributed by atoms with Crippen molar-refractivity contribution in [1.29, 1.82) is 0 Å². The minimum atomic E-state index is -0.202. The fraction of sp³-hybridized carbons (Fsp3) is 0.593. The van der Waals surface area contributed by atoms with Crippen molar-refractivity contribution < 1.29 is 14.0 Å². The molecule has 1 spiro atoms. The number of carbonyl (C=O) groups is 2. The summed E-state index contributed by atoms with van der Waals surface area (Å²) < 4.78 is 5.20. The minimum Gasteiger partial charge on any atom is -0.447 e. The number of amides is 3. The number of nitrogens with one attached hydrogen (secondary N) is 1. The number of rotatable bonds is 8. The van der Waals surface area contributed by atoms with Crippen molar-refractivity contribution in [2.45, 2.75) is 62.6 Å². The molecule has 0 bridgehead atoms. The zero-order valence-corrected chi connectivity index (χ0v) is 20.9. The lowest BCUT2D eigenvalue weighted by Gasteiger charge is -2.51. The van der Waals surface area contributed by atoms with Crippen molar-refractivity contribution >= 4 is 11.9 Å². The highest BCUT2D eigenvalue weighted by Gasteiger charge is 2.55. The van der Waals surface area contributed by atoms with E-state index in [1.54, 1.807) is 11.1 Å². The van der Waals surface area contributed by atoms with Gasteiger partial charge in [0.05, 0.1) is 18.3 Å². The van der Waals surface area contributed by atoms with Crippen LogP contribution in [0, 0.1) is 5.92 Å². The zero-order chi connectivity index (χ0) is 24.5. The van der Waals surface area contributed by atoms with Crippen molar-refractivity contribution in [2.75, 3.05) is 33.7 Å². The van der Waals surface area contributed by atoms with Crippen molar-refractivity contribution in [1.82, 2.24) is 25.0 Å². The van der Waals surface area contributed by atoms with E-state index in [1.165, 1.54) is 31.2 Å². The van der Waals surface area contributed by atoms with Gasteiger partial charge < -0.3 is 19.5 Å². The number of hydrogen-bond donors (Lipinski definition) is 1. The normalized spacial score (nSPS) is 27.0. The van der Waals surface area contributed by atoms with E-state index in [-0.39, 0.29) is 36.1 Å². The van der Waals surface area contributed by atoms with Crippen LogP contribution in [0.15, 0.2) is 47.3 Å². The summed E-state index contributed by atoms with van der Waals surface area (Å²) in [5.74, 6) is 1.02. The predicted octanol–water partition coefficient (Wildman–Crippen LogP) is 3.60. The first kappa shape index (κ1) is 23.9. The summed E-state index contributed by atoms with van der Waals surface area (Å²) in [6.07, 6.45) is 10.4. The maximum absolute atomic E-state index is 13.6. The zero-order valence-electron chi connectivity index (χ0n) is 20.9. The van der Waals surface area contributed by atoms with E-state index in [0.29, 0.717) is 18.2 Å². The van der Waals surface area contributed by atoms with Crippen molar-refractivity contribution in [3.8, 4) is 0 Å². The third-order valence-electron chi connectivity index (χ3n) is 8.68. The van der Waals surface area contributed by atoms with Gasteiger partial charge in [-0.1, -0.05) is 36.8 Å². The molecule has 0 atom stereocenters. The third kappa shape index (κ3) is 4.56. The Bertz CT molecular complexity index is 1010. The molecule has 1 aliphatic heterocycles. The quantitative estimate of drug-likeness (QED) is 0.626.